The van der Waals surface area contributed by atoms with Crippen LogP contribution in [-0.4, -0.2) is 16.3 Å². The van der Waals surface area contributed by atoms with Crippen molar-refractivity contribution in [2.45, 2.75) is 34.6 Å². The average molecular weight is 360 g/mol. The van der Waals surface area contributed by atoms with Crippen LogP contribution in [0.4, 0.5) is 5.69 Å². The number of aromatic nitrogens is 1. The van der Waals surface area contributed by atoms with Crippen LogP contribution in [0.3, 0.4) is 0 Å². The summed E-state index contributed by atoms with van der Waals surface area (Å²) in [5.41, 5.74) is 6.93. The molecular formula is C23H24N2O2. The van der Waals surface area contributed by atoms with Crippen LogP contribution in [0, 0.1) is 34.6 Å². The van der Waals surface area contributed by atoms with Crippen molar-refractivity contribution < 1.29 is 9.59 Å². The molecule has 4 heteroatoms. The maximum Gasteiger partial charge on any atom is 0.296 e. The Balaban J connectivity index is 1.91. The molecular weight excluding hydrogens is 336 g/mol. The Labute approximate surface area is 159 Å². The quantitative estimate of drug-likeness (QED) is 0.534. The van der Waals surface area contributed by atoms with Crippen LogP contribution in [0.1, 0.15) is 38.4 Å². The number of benzene rings is 2. The van der Waals surface area contributed by atoms with E-state index in [9.17, 15) is 9.59 Å². The lowest BCUT2D eigenvalue weighted by molar-refractivity contribution is -0.112. The van der Waals surface area contributed by atoms with E-state index in [-0.39, 0.29) is 0 Å². The van der Waals surface area contributed by atoms with E-state index >= 15 is 0 Å². The van der Waals surface area contributed by atoms with Crippen molar-refractivity contribution in [3.8, 4) is 5.69 Å². The number of hydrogen-bond donors (Lipinski definition) is 1. The zero-order valence-corrected chi connectivity index (χ0v) is 16.4. The summed E-state index contributed by atoms with van der Waals surface area (Å²) in [5, 5.41) is 2.74. The van der Waals surface area contributed by atoms with Crippen LogP contribution in [0.25, 0.3) is 5.69 Å². The average Bonchev–Trinajstić information content (AvgIpc) is 2.91. The molecule has 1 aromatic heterocycles. The highest BCUT2D eigenvalue weighted by molar-refractivity contribution is 6.46. The third-order valence-electron chi connectivity index (χ3n) is 4.77. The topological polar surface area (TPSA) is 51.1 Å². The molecule has 1 heterocycles. The van der Waals surface area contributed by atoms with Gasteiger partial charge in [-0.05, 0) is 70.0 Å². The van der Waals surface area contributed by atoms with Crippen molar-refractivity contribution in [2.24, 2.45) is 0 Å². The van der Waals surface area contributed by atoms with Gasteiger partial charge in [0.1, 0.15) is 0 Å². The van der Waals surface area contributed by atoms with Crippen molar-refractivity contribution >= 4 is 17.4 Å². The number of Topliss-reactive ketones (excluding diaryl/α,β-unsaturated/α-hetero) is 1. The first kappa shape index (κ1) is 18.6. The molecule has 1 amide bonds. The molecule has 0 atom stereocenters. The molecule has 0 radical (unpaired) electrons. The van der Waals surface area contributed by atoms with E-state index < -0.39 is 11.7 Å². The third-order valence-corrected chi connectivity index (χ3v) is 4.77. The number of carbonyl (C=O) groups is 2. The van der Waals surface area contributed by atoms with E-state index in [0.29, 0.717) is 11.3 Å². The van der Waals surface area contributed by atoms with Gasteiger partial charge in [-0.15, -0.1) is 0 Å². The Kier molecular flexibility index (Phi) is 5.00. The van der Waals surface area contributed by atoms with Crippen LogP contribution < -0.4 is 5.32 Å². The number of carbonyl (C=O) groups excluding carboxylic acids is 2. The van der Waals surface area contributed by atoms with E-state index in [2.05, 4.69) is 11.4 Å². The normalized spacial score (nSPS) is 10.7. The molecule has 138 valence electrons. The summed E-state index contributed by atoms with van der Waals surface area (Å²) in [6.45, 7) is 9.74. The van der Waals surface area contributed by atoms with E-state index in [1.54, 1.807) is 6.07 Å². The Morgan fingerprint density at radius 1 is 0.852 bits per heavy atom. The number of amides is 1. The fourth-order valence-corrected chi connectivity index (χ4v) is 3.41. The highest BCUT2D eigenvalue weighted by Gasteiger charge is 2.23. The Hall–Kier alpha value is -3.14. The number of nitrogens with one attached hydrogen (secondary N) is 1. The maximum absolute atomic E-state index is 12.8. The first-order valence-electron chi connectivity index (χ1n) is 8.97. The Bertz CT molecular complexity index is 1040. The molecule has 2 aromatic carbocycles. The van der Waals surface area contributed by atoms with E-state index in [0.717, 1.165) is 33.8 Å². The lowest BCUT2D eigenvalue weighted by Crippen LogP contribution is -2.23. The number of ketones is 1. The minimum absolute atomic E-state index is 0.427. The molecule has 0 aliphatic carbocycles. The second-order valence-electron chi connectivity index (χ2n) is 7.06. The van der Waals surface area contributed by atoms with Crippen molar-refractivity contribution in [2.75, 3.05) is 5.32 Å². The van der Waals surface area contributed by atoms with Crippen LogP contribution >= 0.6 is 0 Å². The summed E-state index contributed by atoms with van der Waals surface area (Å²) in [6, 6.07) is 15.6. The summed E-state index contributed by atoms with van der Waals surface area (Å²) in [5.74, 6) is -1.14. The molecule has 3 rings (SSSR count). The second kappa shape index (κ2) is 7.23. The third kappa shape index (κ3) is 3.70. The van der Waals surface area contributed by atoms with E-state index in [1.807, 2.05) is 75.6 Å². The summed E-state index contributed by atoms with van der Waals surface area (Å²) < 4.78 is 2.00. The lowest BCUT2D eigenvalue weighted by Gasteiger charge is -2.11. The van der Waals surface area contributed by atoms with Gasteiger partial charge in [0.2, 0.25) is 0 Å². The SMILES string of the molecule is Cc1cccc(-n2c(C)cc(C(=O)C(=O)Nc3ccc(C)cc3C)c2C)c1. The Morgan fingerprint density at radius 3 is 2.22 bits per heavy atom. The standard InChI is InChI=1S/C23H24N2O2/c1-14-7-6-8-19(12-14)25-17(4)13-20(18(25)5)22(26)23(27)24-21-10-9-15(2)11-16(21)3/h6-13H,1-5H3,(H,24,27). The molecule has 3 aromatic rings. The first-order chi connectivity index (χ1) is 12.8. The van der Waals surface area contributed by atoms with Crippen LogP contribution in [-0.2, 0) is 4.79 Å². The summed E-state index contributed by atoms with van der Waals surface area (Å²) in [6.07, 6.45) is 0. The van der Waals surface area contributed by atoms with E-state index in [1.165, 1.54) is 0 Å². The molecule has 0 aliphatic rings. The highest BCUT2D eigenvalue weighted by atomic mass is 16.2. The van der Waals surface area contributed by atoms with Gasteiger partial charge in [-0.2, -0.15) is 0 Å². The molecule has 0 aliphatic heterocycles. The van der Waals surface area contributed by atoms with Gasteiger partial charge in [-0.25, -0.2) is 0 Å². The molecule has 0 fully saturated rings. The van der Waals surface area contributed by atoms with Gasteiger partial charge in [0.05, 0.1) is 0 Å². The van der Waals surface area contributed by atoms with Gasteiger partial charge in [-0.1, -0.05) is 29.8 Å². The maximum atomic E-state index is 12.8. The fraction of sp³-hybridized carbons (Fsp3) is 0.217. The predicted molar refractivity (Wildman–Crippen MR) is 109 cm³/mol. The van der Waals surface area contributed by atoms with Crippen LogP contribution in [0.5, 0.6) is 0 Å². The largest absolute Gasteiger partial charge is 0.319 e. The highest BCUT2D eigenvalue weighted by Crippen LogP contribution is 2.23. The second-order valence-corrected chi connectivity index (χ2v) is 7.06. The van der Waals surface area contributed by atoms with Crippen molar-refractivity contribution in [3.05, 3.63) is 82.2 Å². The van der Waals surface area contributed by atoms with Gasteiger partial charge in [0, 0.05) is 28.3 Å². The molecule has 0 unspecified atom stereocenters. The molecule has 0 saturated carbocycles. The van der Waals surface area contributed by atoms with Crippen molar-refractivity contribution in [1.82, 2.24) is 4.57 Å². The molecule has 0 spiro atoms. The lowest BCUT2D eigenvalue weighted by atomic mass is 10.1. The predicted octanol–water partition coefficient (Wildman–Crippen LogP) is 4.84. The van der Waals surface area contributed by atoms with Crippen LogP contribution in [0.15, 0.2) is 48.5 Å². The van der Waals surface area contributed by atoms with Gasteiger partial charge in [0.25, 0.3) is 11.7 Å². The van der Waals surface area contributed by atoms with Gasteiger partial charge in [0.15, 0.2) is 0 Å². The Morgan fingerprint density at radius 2 is 1.56 bits per heavy atom. The van der Waals surface area contributed by atoms with Gasteiger partial charge < -0.3 is 9.88 Å². The minimum Gasteiger partial charge on any atom is -0.319 e. The van der Waals surface area contributed by atoms with Crippen molar-refractivity contribution in [3.63, 3.8) is 0 Å². The minimum atomic E-state index is -0.619. The zero-order chi connectivity index (χ0) is 19.7. The monoisotopic (exact) mass is 360 g/mol. The summed E-state index contributed by atoms with van der Waals surface area (Å²) in [4.78, 5) is 25.3. The van der Waals surface area contributed by atoms with Gasteiger partial charge >= 0.3 is 0 Å². The first-order valence-corrected chi connectivity index (χ1v) is 8.97. The fourth-order valence-electron chi connectivity index (χ4n) is 3.41. The molecule has 1 N–H and O–H groups in total. The molecule has 0 saturated heterocycles. The molecule has 4 nitrogen and oxygen atoms in total. The molecule has 27 heavy (non-hydrogen) atoms. The number of nitrogens with zero attached hydrogens (tertiary/aromatic N) is 1. The zero-order valence-electron chi connectivity index (χ0n) is 16.4. The summed E-state index contributed by atoms with van der Waals surface area (Å²) >= 11 is 0. The number of hydrogen-bond acceptors (Lipinski definition) is 2. The number of rotatable bonds is 4. The number of aryl methyl sites for hydroxylation is 4. The van der Waals surface area contributed by atoms with Gasteiger partial charge in [-0.3, -0.25) is 9.59 Å². The smallest absolute Gasteiger partial charge is 0.296 e. The molecule has 0 bridgehead atoms. The van der Waals surface area contributed by atoms with Crippen molar-refractivity contribution in [1.29, 1.82) is 0 Å². The van der Waals surface area contributed by atoms with E-state index in [4.69, 9.17) is 0 Å². The summed E-state index contributed by atoms with van der Waals surface area (Å²) in [7, 11) is 0. The van der Waals surface area contributed by atoms with Crippen LogP contribution in [0.2, 0.25) is 0 Å². The number of anilines is 1.